The highest BCUT2D eigenvalue weighted by atomic mass is 79.9. The van der Waals surface area contributed by atoms with Crippen LogP contribution in [0.2, 0.25) is 0 Å². The highest BCUT2D eigenvalue weighted by molar-refractivity contribution is 9.10. The molecule has 1 aromatic carbocycles. The van der Waals surface area contributed by atoms with E-state index in [0.717, 1.165) is 24.9 Å². The first kappa shape index (κ1) is 15.7. The summed E-state index contributed by atoms with van der Waals surface area (Å²) in [5.41, 5.74) is 3.81. The molecular weight excluding hydrogens is 337 g/mol. The third-order valence-corrected chi connectivity index (χ3v) is 4.82. The summed E-state index contributed by atoms with van der Waals surface area (Å²) < 4.78 is 13.8. The first-order chi connectivity index (χ1) is 9.61. The van der Waals surface area contributed by atoms with Gasteiger partial charge in [0.05, 0.1) is 4.47 Å². The SMILES string of the molecule is CCCNC(Cc1ccc(F)c(Br)c1)c1cscc1C. The van der Waals surface area contributed by atoms with Gasteiger partial charge in [-0.25, -0.2) is 4.39 Å². The largest absolute Gasteiger partial charge is 0.310 e. The van der Waals surface area contributed by atoms with Gasteiger partial charge in [0, 0.05) is 6.04 Å². The fraction of sp³-hybridized carbons (Fsp3) is 0.375. The van der Waals surface area contributed by atoms with E-state index in [1.807, 2.05) is 12.1 Å². The number of hydrogen-bond donors (Lipinski definition) is 1. The highest BCUT2D eigenvalue weighted by Crippen LogP contribution is 2.26. The van der Waals surface area contributed by atoms with Crippen molar-refractivity contribution in [1.29, 1.82) is 0 Å². The first-order valence-corrected chi connectivity index (χ1v) is 8.55. The number of nitrogens with one attached hydrogen (secondary N) is 1. The second kappa shape index (κ2) is 7.34. The molecular formula is C16H19BrFNS. The first-order valence-electron chi connectivity index (χ1n) is 6.81. The molecule has 0 aliphatic heterocycles. The molecule has 0 aliphatic carbocycles. The molecule has 2 rings (SSSR count). The number of aryl methyl sites for hydroxylation is 1. The lowest BCUT2D eigenvalue weighted by atomic mass is 9.98. The van der Waals surface area contributed by atoms with Gasteiger partial charge in [0.15, 0.2) is 0 Å². The standard InChI is InChI=1S/C16H19BrFNS/c1-3-6-19-16(13-10-20-9-11(13)2)8-12-4-5-15(18)14(17)7-12/h4-5,7,9-10,16,19H,3,6,8H2,1-2H3. The van der Waals surface area contributed by atoms with E-state index in [1.165, 1.54) is 17.2 Å². The minimum Gasteiger partial charge on any atom is -0.310 e. The van der Waals surface area contributed by atoms with E-state index in [9.17, 15) is 4.39 Å². The Kier molecular flexibility index (Phi) is 5.75. The van der Waals surface area contributed by atoms with E-state index in [-0.39, 0.29) is 5.82 Å². The number of rotatable bonds is 6. The van der Waals surface area contributed by atoms with Crippen molar-refractivity contribution >= 4 is 27.3 Å². The zero-order valence-corrected chi connectivity index (χ0v) is 14.2. The Hall–Kier alpha value is -0.710. The van der Waals surface area contributed by atoms with Crippen LogP contribution in [0.1, 0.15) is 36.1 Å². The average Bonchev–Trinajstić information content (AvgIpc) is 2.85. The van der Waals surface area contributed by atoms with E-state index < -0.39 is 0 Å². The topological polar surface area (TPSA) is 12.0 Å². The molecule has 0 aliphatic rings. The molecule has 1 N–H and O–H groups in total. The molecule has 0 saturated heterocycles. The number of hydrogen-bond acceptors (Lipinski definition) is 2. The second-order valence-corrected chi connectivity index (χ2v) is 6.57. The van der Waals surface area contributed by atoms with Crippen molar-refractivity contribution in [2.75, 3.05) is 6.54 Å². The summed E-state index contributed by atoms with van der Waals surface area (Å²) in [6.07, 6.45) is 1.98. The van der Waals surface area contributed by atoms with Crippen molar-refractivity contribution < 1.29 is 4.39 Å². The quantitative estimate of drug-likeness (QED) is 0.746. The van der Waals surface area contributed by atoms with Crippen molar-refractivity contribution in [3.8, 4) is 0 Å². The van der Waals surface area contributed by atoms with Crippen LogP contribution in [-0.4, -0.2) is 6.54 Å². The van der Waals surface area contributed by atoms with Gasteiger partial charge in [-0.05, 0) is 81.8 Å². The third-order valence-electron chi connectivity index (χ3n) is 3.34. The molecule has 4 heteroatoms. The van der Waals surface area contributed by atoms with Crippen LogP contribution in [-0.2, 0) is 6.42 Å². The van der Waals surface area contributed by atoms with Crippen molar-refractivity contribution in [2.24, 2.45) is 0 Å². The minimum absolute atomic E-state index is 0.210. The summed E-state index contributed by atoms with van der Waals surface area (Å²) in [4.78, 5) is 0. The van der Waals surface area contributed by atoms with Gasteiger partial charge in [-0.15, -0.1) is 0 Å². The Labute approximate surface area is 132 Å². The lowest BCUT2D eigenvalue weighted by Gasteiger charge is -2.19. The van der Waals surface area contributed by atoms with Crippen molar-refractivity contribution in [2.45, 2.75) is 32.7 Å². The molecule has 1 heterocycles. The maximum atomic E-state index is 13.3. The number of halogens is 2. The lowest BCUT2D eigenvalue weighted by molar-refractivity contribution is 0.527. The van der Waals surface area contributed by atoms with Crippen LogP contribution in [0, 0.1) is 12.7 Å². The molecule has 0 bridgehead atoms. The fourth-order valence-electron chi connectivity index (χ4n) is 2.24. The fourth-order valence-corrected chi connectivity index (χ4v) is 3.57. The van der Waals surface area contributed by atoms with E-state index in [2.05, 4.69) is 45.9 Å². The van der Waals surface area contributed by atoms with E-state index in [1.54, 1.807) is 11.3 Å². The normalized spacial score (nSPS) is 12.6. The second-order valence-electron chi connectivity index (χ2n) is 4.97. The molecule has 2 aromatic rings. The van der Waals surface area contributed by atoms with Gasteiger partial charge in [0.25, 0.3) is 0 Å². The van der Waals surface area contributed by atoms with Crippen molar-refractivity contribution in [1.82, 2.24) is 5.32 Å². The van der Waals surface area contributed by atoms with Crippen LogP contribution in [0.4, 0.5) is 4.39 Å². The zero-order chi connectivity index (χ0) is 14.5. The predicted octanol–water partition coefficient (Wildman–Crippen LogP) is 5.24. The van der Waals surface area contributed by atoms with Gasteiger partial charge >= 0.3 is 0 Å². The zero-order valence-electron chi connectivity index (χ0n) is 11.7. The van der Waals surface area contributed by atoms with Crippen LogP contribution in [0.5, 0.6) is 0 Å². The molecule has 1 atom stereocenters. The molecule has 0 amide bonds. The van der Waals surface area contributed by atoms with Crippen LogP contribution < -0.4 is 5.32 Å². The molecule has 0 fully saturated rings. The van der Waals surface area contributed by atoms with E-state index in [0.29, 0.717) is 10.5 Å². The predicted molar refractivity (Wildman–Crippen MR) is 87.9 cm³/mol. The Morgan fingerprint density at radius 2 is 2.15 bits per heavy atom. The van der Waals surface area contributed by atoms with Gasteiger partial charge in [0.1, 0.15) is 5.82 Å². The molecule has 1 unspecified atom stereocenters. The van der Waals surface area contributed by atoms with Crippen molar-refractivity contribution in [3.05, 3.63) is 55.9 Å². The van der Waals surface area contributed by atoms with Gasteiger partial charge < -0.3 is 5.32 Å². The Balaban J connectivity index is 2.19. The Morgan fingerprint density at radius 3 is 2.75 bits per heavy atom. The molecule has 0 radical (unpaired) electrons. The van der Waals surface area contributed by atoms with E-state index >= 15 is 0 Å². The molecule has 20 heavy (non-hydrogen) atoms. The third kappa shape index (κ3) is 3.90. The summed E-state index contributed by atoms with van der Waals surface area (Å²) in [6, 6.07) is 5.55. The maximum Gasteiger partial charge on any atom is 0.137 e. The van der Waals surface area contributed by atoms with Crippen LogP contribution in [0.25, 0.3) is 0 Å². The number of thiophene rings is 1. The summed E-state index contributed by atoms with van der Waals surface area (Å²) >= 11 is 4.99. The monoisotopic (exact) mass is 355 g/mol. The molecule has 1 aromatic heterocycles. The average molecular weight is 356 g/mol. The van der Waals surface area contributed by atoms with Crippen LogP contribution >= 0.6 is 27.3 Å². The van der Waals surface area contributed by atoms with Gasteiger partial charge in [-0.2, -0.15) is 11.3 Å². The van der Waals surface area contributed by atoms with E-state index in [4.69, 9.17) is 0 Å². The minimum atomic E-state index is -0.210. The highest BCUT2D eigenvalue weighted by Gasteiger charge is 2.15. The lowest BCUT2D eigenvalue weighted by Crippen LogP contribution is -2.24. The molecule has 108 valence electrons. The Bertz CT molecular complexity index is 567. The summed E-state index contributed by atoms with van der Waals surface area (Å²) in [5.74, 6) is -0.210. The van der Waals surface area contributed by atoms with Crippen molar-refractivity contribution in [3.63, 3.8) is 0 Å². The smallest absolute Gasteiger partial charge is 0.137 e. The Morgan fingerprint density at radius 1 is 1.35 bits per heavy atom. The van der Waals surface area contributed by atoms with Gasteiger partial charge in [-0.3, -0.25) is 0 Å². The van der Waals surface area contributed by atoms with Gasteiger partial charge in [0.2, 0.25) is 0 Å². The summed E-state index contributed by atoms with van der Waals surface area (Å²) in [7, 11) is 0. The molecule has 1 nitrogen and oxygen atoms in total. The van der Waals surface area contributed by atoms with Crippen LogP contribution in [0.3, 0.4) is 0 Å². The molecule has 0 saturated carbocycles. The number of benzene rings is 1. The maximum absolute atomic E-state index is 13.3. The van der Waals surface area contributed by atoms with Gasteiger partial charge in [-0.1, -0.05) is 13.0 Å². The summed E-state index contributed by atoms with van der Waals surface area (Å²) in [5, 5.41) is 7.98. The summed E-state index contributed by atoms with van der Waals surface area (Å²) in [6.45, 7) is 5.30. The van der Waals surface area contributed by atoms with Crippen LogP contribution in [0.15, 0.2) is 33.4 Å². The molecule has 0 spiro atoms.